The Labute approximate surface area is 129 Å². The van der Waals surface area contributed by atoms with Crippen molar-refractivity contribution in [2.75, 3.05) is 0 Å². The molecule has 0 amide bonds. The Hall–Kier alpha value is -1.39. The van der Waals surface area contributed by atoms with E-state index in [1.807, 2.05) is 35.9 Å². The van der Waals surface area contributed by atoms with Crippen molar-refractivity contribution in [1.29, 1.82) is 0 Å². The standard InChI is InChI=1S/C16H20ClN3O/c1-2-14(21)10-20-16(12-6-7-12)18-15(19-20)9-11-4-3-5-13(17)8-11/h3-5,8,12,14,21H,2,6-7,9-10H2,1H3. The van der Waals surface area contributed by atoms with Crippen LogP contribution in [0.1, 0.15) is 49.3 Å². The van der Waals surface area contributed by atoms with Gasteiger partial charge in [0.25, 0.3) is 0 Å². The van der Waals surface area contributed by atoms with Crippen LogP contribution in [0, 0.1) is 0 Å². The van der Waals surface area contributed by atoms with Crippen molar-refractivity contribution in [2.24, 2.45) is 0 Å². The van der Waals surface area contributed by atoms with E-state index in [4.69, 9.17) is 11.6 Å². The van der Waals surface area contributed by atoms with Gasteiger partial charge in [0.2, 0.25) is 0 Å². The molecule has 4 nitrogen and oxygen atoms in total. The van der Waals surface area contributed by atoms with Gasteiger partial charge in [-0.3, -0.25) is 0 Å². The Morgan fingerprint density at radius 3 is 2.90 bits per heavy atom. The molecule has 1 atom stereocenters. The lowest BCUT2D eigenvalue weighted by molar-refractivity contribution is 0.143. The number of aromatic nitrogens is 3. The van der Waals surface area contributed by atoms with E-state index in [0.29, 0.717) is 18.9 Å². The number of rotatable bonds is 6. The molecule has 0 saturated heterocycles. The molecule has 0 spiro atoms. The number of halogens is 1. The summed E-state index contributed by atoms with van der Waals surface area (Å²) in [4.78, 5) is 4.68. The summed E-state index contributed by atoms with van der Waals surface area (Å²) in [5.74, 6) is 2.36. The molecule has 1 N–H and O–H groups in total. The van der Waals surface area contributed by atoms with E-state index in [9.17, 15) is 5.11 Å². The molecule has 1 aromatic carbocycles. The SMILES string of the molecule is CCC(O)Cn1nc(Cc2cccc(Cl)c2)nc1C1CC1. The van der Waals surface area contributed by atoms with Crippen molar-refractivity contribution < 1.29 is 5.11 Å². The van der Waals surface area contributed by atoms with Crippen LogP contribution in [0.25, 0.3) is 0 Å². The van der Waals surface area contributed by atoms with Gasteiger partial charge in [-0.1, -0.05) is 30.7 Å². The van der Waals surface area contributed by atoms with Crippen molar-refractivity contribution in [3.8, 4) is 0 Å². The quantitative estimate of drug-likeness (QED) is 0.892. The maximum absolute atomic E-state index is 9.87. The first kappa shape index (κ1) is 14.5. The number of aliphatic hydroxyl groups excluding tert-OH is 1. The normalized spacial score (nSPS) is 16.1. The third-order valence-corrected chi connectivity index (χ3v) is 4.03. The molecule has 1 aliphatic carbocycles. The zero-order valence-electron chi connectivity index (χ0n) is 12.2. The van der Waals surface area contributed by atoms with Crippen molar-refractivity contribution in [2.45, 2.75) is 51.2 Å². The fraction of sp³-hybridized carbons (Fsp3) is 0.500. The molecule has 0 radical (unpaired) electrons. The summed E-state index contributed by atoms with van der Waals surface area (Å²) in [6, 6.07) is 7.78. The number of benzene rings is 1. The van der Waals surface area contributed by atoms with E-state index >= 15 is 0 Å². The molecule has 0 bridgehead atoms. The fourth-order valence-corrected chi connectivity index (χ4v) is 2.63. The summed E-state index contributed by atoms with van der Waals surface area (Å²) in [7, 11) is 0. The van der Waals surface area contributed by atoms with Crippen LogP contribution in [0.15, 0.2) is 24.3 Å². The third-order valence-electron chi connectivity index (χ3n) is 3.79. The highest BCUT2D eigenvalue weighted by Gasteiger charge is 2.30. The van der Waals surface area contributed by atoms with E-state index < -0.39 is 0 Å². The van der Waals surface area contributed by atoms with Gasteiger partial charge in [0.05, 0.1) is 12.6 Å². The summed E-state index contributed by atoms with van der Waals surface area (Å²) in [5.41, 5.74) is 1.11. The first-order chi connectivity index (χ1) is 10.2. The average Bonchev–Trinajstić information content (AvgIpc) is 3.22. The second kappa shape index (κ2) is 6.16. The van der Waals surface area contributed by atoms with Crippen LogP contribution in [0.3, 0.4) is 0 Å². The van der Waals surface area contributed by atoms with Crippen LogP contribution < -0.4 is 0 Å². The number of hydrogen-bond donors (Lipinski definition) is 1. The molecule has 1 unspecified atom stereocenters. The maximum atomic E-state index is 9.87. The van der Waals surface area contributed by atoms with Gasteiger partial charge in [-0.2, -0.15) is 5.10 Å². The zero-order valence-corrected chi connectivity index (χ0v) is 12.9. The molecule has 5 heteroatoms. The summed E-state index contributed by atoms with van der Waals surface area (Å²) in [6.07, 6.45) is 3.40. The highest BCUT2D eigenvalue weighted by Crippen LogP contribution is 2.39. The van der Waals surface area contributed by atoms with Gasteiger partial charge in [-0.15, -0.1) is 0 Å². The Kier molecular flexibility index (Phi) is 4.27. The monoisotopic (exact) mass is 305 g/mol. The molecule has 112 valence electrons. The van der Waals surface area contributed by atoms with Gasteiger partial charge in [-0.05, 0) is 37.0 Å². The minimum atomic E-state index is -0.358. The van der Waals surface area contributed by atoms with Crippen molar-refractivity contribution >= 4 is 11.6 Å². The van der Waals surface area contributed by atoms with Gasteiger partial charge in [0.1, 0.15) is 5.82 Å². The van der Waals surface area contributed by atoms with Crippen LogP contribution >= 0.6 is 11.6 Å². The van der Waals surface area contributed by atoms with E-state index in [-0.39, 0.29) is 6.10 Å². The van der Waals surface area contributed by atoms with Crippen LogP contribution in [0.5, 0.6) is 0 Å². The lowest BCUT2D eigenvalue weighted by Crippen LogP contribution is -2.17. The van der Waals surface area contributed by atoms with E-state index in [2.05, 4.69) is 10.1 Å². The van der Waals surface area contributed by atoms with Crippen LogP contribution in [0.4, 0.5) is 0 Å². The second-order valence-electron chi connectivity index (χ2n) is 5.71. The van der Waals surface area contributed by atoms with Crippen LogP contribution in [0.2, 0.25) is 5.02 Å². The number of aliphatic hydroxyl groups is 1. The Balaban J connectivity index is 1.81. The molecule has 1 aromatic heterocycles. The molecule has 0 aliphatic heterocycles. The number of nitrogens with zero attached hydrogens (tertiary/aromatic N) is 3. The second-order valence-corrected chi connectivity index (χ2v) is 6.15. The fourth-order valence-electron chi connectivity index (χ4n) is 2.41. The molecule has 1 fully saturated rings. The average molecular weight is 306 g/mol. The third kappa shape index (κ3) is 3.63. The van der Waals surface area contributed by atoms with Gasteiger partial charge in [0, 0.05) is 17.4 Å². The molecule has 1 heterocycles. The highest BCUT2D eigenvalue weighted by atomic mass is 35.5. The molecular weight excluding hydrogens is 286 g/mol. The first-order valence-electron chi connectivity index (χ1n) is 7.52. The summed E-state index contributed by atoms with van der Waals surface area (Å²) < 4.78 is 1.89. The topological polar surface area (TPSA) is 50.9 Å². The smallest absolute Gasteiger partial charge is 0.155 e. The Morgan fingerprint density at radius 1 is 1.43 bits per heavy atom. The number of hydrogen-bond acceptors (Lipinski definition) is 3. The predicted octanol–water partition coefficient (Wildman–Crippen LogP) is 3.17. The first-order valence-corrected chi connectivity index (χ1v) is 7.89. The van der Waals surface area contributed by atoms with Gasteiger partial charge in [-0.25, -0.2) is 9.67 Å². The largest absolute Gasteiger partial charge is 0.391 e. The summed E-state index contributed by atoms with van der Waals surface area (Å²) >= 11 is 6.02. The lowest BCUT2D eigenvalue weighted by atomic mass is 10.1. The van der Waals surface area contributed by atoms with Crippen LogP contribution in [-0.2, 0) is 13.0 Å². The summed E-state index contributed by atoms with van der Waals surface area (Å²) in [5, 5.41) is 15.2. The molecule has 1 saturated carbocycles. The zero-order chi connectivity index (χ0) is 14.8. The molecular formula is C16H20ClN3O. The highest BCUT2D eigenvalue weighted by molar-refractivity contribution is 6.30. The van der Waals surface area contributed by atoms with Crippen molar-refractivity contribution in [3.05, 3.63) is 46.5 Å². The van der Waals surface area contributed by atoms with Gasteiger partial charge >= 0.3 is 0 Å². The Morgan fingerprint density at radius 2 is 2.24 bits per heavy atom. The molecule has 3 rings (SSSR count). The van der Waals surface area contributed by atoms with E-state index in [1.165, 1.54) is 12.8 Å². The molecule has 1 aliphatic rings. The van der Waals surface area contributed by atoms with Crippen molar-refractivity contribution in [1.82, 2.24) is 14.8 Å². The Bertz CT molecular complexity index is 622. The summed E-state index contributed by atoms with van der Waals surface area (Å²) in [6.45, 7) is 2.51. The lowest BCUT2D eigenvalue weighted by Gasteiger charge is -2.09. The minimum absolute atomic E-state index is 0.358. The predicted molar refractivity (Wildman–Crippen MR) is 82.6 cm³/mol. The van der Waals surface area contributed by atoms with E-state index in [1.54, 1.807) is 0 Å². The van der Waals surface area contributed by atoms with E-state index in [0.717, 1.165) is 28.7 Å². The van der Waals surface area contributed by atoms with Gasteiger partial charge in [0.15, 0.2) is 5.82 Å². The van der Waals surface area contributed by atoms with Crippen LogP contribution in [-0.4, -0.2) is 26.0 Å². The molecule has 21 heavy (non-hydrogen) atoms. The maximum Gasteiger partial charge on any atom is 0.155 e. The van der Waals surface area contributed by atoms with Crippen molar-refractivity contribution in [3.63, 3.8) is 0 Å². The van der Waals surface area contributed by atoms with Gasteiger partial charge < -0.3 is 5.11 Å². The minimum Gasteiger partial charge on any atom is -0.391 e. The molecule has 2 aromatic rings.